The number of allylic oxidation sites excluding steroid dienone is 6. The number of hydrogen-bond acceptors (Lipinski definition) is 4. The number of Topliss-reactive ketones (excluding diaryl/α,β-unsaturated/α-hetero) is 3. The summed E-state index contributed by atoms with van der Waals surface area (Å²) >= 11 is 0. The summed E-state index contributed by atoms with van der Waals surface area (Å²) in [6, 6.07) is 0. The van der Waals surface area contributed by atoms with E-state index < -0.39 is 5.41 Å². The average molecular weight is 1030 g/mol. The van der Waals surface area contributed by atoms with Crippen molar-refractivity contribution in [2.24, 2.45) is 5.41 Å². The fourth-order valence-electron chi connectivity index (χ4n) is 10.8. The highest BCUT2D eigenvalue weighted by molar-refractivity contribution is 6.18. The first-order valence-corrected chi connectivity index (χ1v) is 33.5. The third-order valence-corrected chi connectivity index (χ3v) is 16.1. The minimum atomic E-state index is -1.44. The van der Waals surface area contributed by atoms with Gasteiger partial charge in [0, 0.05) is 25.7 Å². The molecule has 0 heterocycles. The molecule has 0 aliphatic heterocycles. The van der Waals surface area contributed by atoms with Crippen molar-refractivity contribution in [3.63, 3.8) is 0 Å². The van der Waals surface area contributed by atoms with Crippen LogP contribution in [0.4, 0.5) is 0 Å². The molecular formula is C70H128O4. The van der Waals surface area contributed by atoms with Crippen molar-refractivity contribution in [3.8, 4) is 0 Å². The van der Waals surface area contributed by atoms with Crippen LogP contribution in [0.3, 0.4) is 0 Å². The molecule has 0 spiro atoms. The van der Waals surface area contributed by atoms with Crippen LogP contribution in [-0.4, -0.2) is 23.6 Å². The number of hydrogen-bond donors (Lipinski definition) is 0. The Bertz CT molecular complexity index is 1290. The largest absolute Gasteiger partial charge is 0.302 e. The SMILES string of the molecule is CCCCCCCCC=CCCCCCCCC(=O)C(C=O)(CCCCCCC=CCC=CCCCCCC(=O)CCCCCCCCCCCCCCCCC)C(=O)CCCCCCCCCCCCCCC. The van der Waals surface area contributed by atoms with Crippen molar-refractivity contribution in [3.05, 3.63) is 36.5 Å². The summed E-state index contributed by atoms with van der Waals surface area (Å²) in [6.07, 6.45) is 79.8. The molecule has 0 amide bonds. The Morgan fingerprint density at radius 1 is 0.270 bits per heavy atom. The average Bonchev–Trinajstić information content (AvgIpc) is 3.40. The molecule has 1 atom stereocenters. The molecule has 4 heteroatoms. The number of ketones is 3. The monoisotopic (exact) mass is 1030 g/mol. The summed E-state index contributed by atoms with van der Waals surface area (Å²) in [5, 5.41) is 0. The van der Waals surface area contributed by atoms with Crippen LogP contribution in [0.5, 0.6) is 0 Å². The molecule has 0 radical (unpaired) electrons. The van der Waals surface area contributed by atoms with Gasteiger partial charge in [-0.05, 0) is 89.9 Å². The van der Waals surface area contributed by atoms with Gasteiger partial charge in [-0.1, -0.05) is 301 Å². The summed E-state index contributed by atoms with van der Waals surface area (Å²) in [7, 11) is 0. The predicted octanol–water partition coefficient (Wildman–Crippen LogP) is 23.5. The Kier molecular flexibility index (Phi) is 58.4. The maximum atomic E-state index is 13.8. The predicted molar refractivity (Wildman–Crippen MR) is 327 cm³/mol. The van der Waals surface area contributed by atoms with E-state index in [1.807, 2.05) is 0 Å². The van der Waals surface area contributed by atoms with Crippen LogP contribution < -0.4 is 0 Å². The highest BCUT2D eigenvalue weighted by Gasteiger charge is 2.43. The van der Waals surface area contributed by atoms with Crippen LogP contribution in [0, 0.1) is 5.41 Å². The number of carbonyl (C=O) groups is 4. The van der Waals surface area contributed by atoms with Gasteiger partial charge >= 0.3 is 0 Å². The van der Waals surface area contributed by atoms with Crippen LogP contribution in [-0.2, 0) is 19.2 Å². The molecule has 0 aliphatic rings. The van der Waals surface area contributed by atoms with Gasteiger partial charge in [0.25, 0.3) is 0 Å². The summed E-state index contributed by atoms with van der Waals surface area (Å²) in [5.74, 6) is 0.242. The van der Waals surface area contributed by atoms with Crippen LogP contribution in [0.25, 0.3) is 0 Å². The second-order valence-corrected chi connectivity index (χ2v) is 23.2. The van der Waals surface area contributed by atoms with Gasteiger partial charge in [-0.2, -0.15) is 0 Å². The standard InChI is InChI=1S/C70H128O4/c1-4-7-10-13-16-19-22-25-27-32-36-41-46-51-56-61-67(72)62-57-52-47-42-37-33-29-30-35-40-45-50-55-60-65-70(66-71,68(73)63-58-53-48-43-38-31-24-21-18-15-12-9-6-3)69(74)64-59-54-49-44-39-34-28-26-23-20-17-14-11-8-5-2/h26,28,30,33,35,37,66H,4-25,27,29,31-32,34,36,38-65H2,1-3H3. The lowest BCUT2D eigenvalue weighted by molar-refractivity contribution is -0.145. The zero-order chi connectivity index (χ0) is 53.8. The molecule has 74 heavy (non-hydrogen) atoms. The van der Waals surface area contributed by atoms with Crippen molar-refractivity contribution >= 4 is 23.6 Å². The molecule has 0 aliphatic carbocycles. The summed E-state index contributed by atoms with van der Waals surface area (Å²) < 4.78 is 0. The smallest absolute Gasteiger partial charge is 0.153 e. The van der Waals surface area contributed by atoms with E-state index in [-0.39, 0.29) is 11.6 Å². The van der Waals surface area contributed by atoms with E-state index in [1.165, 1.54) is 212 Å². The fraction of sp³-hybridized carbons (Fsp3) is 0.857. The Labute approximate surface area is 462 Å². The summed E-state index contributed by atoms with van der Waals surface area (Å²) in [5.41, 5.74) is -1.44. The van der Waals surface area contributed by atoms with Gasteiger partial charge in [-0.3, -0.25) is 14.4 Å². The normalized spacial score (nSPS) is 12.7. The highest BCUT2D eigenvalue weighted by Crippen LogP contribution is 2.31. The molecule has 0 aromatic carbocycles. The Morgan fingerprint density at radius 2 is 0.500 bits per heavy atom. The Balaban J connectivity index is 4.36. The number of unbranched alkanes of at least 4 members (excludes halogenated alkanes) is 44. The number of rotatable bonds is 63. The van der Waals surface area contributed by atoms with Crippen LogP contribution in [0.2, 0.25) is 0 Å². The third-order valence-electron chi connectivity index (χ3n) is 16.1. The van der Waals surface area contributed by atoms with Gasteiger partial charge in [0.1, 0.15) is 17.5 Å². The Morgan fingerprint density at radius 3 is 0.797 bits per heavy atom. The zero-order valence-electron chi connectivity index (χ0n) is 50.3. The first-order chi connectivity index (χ1) is 36.5. The lowest BCUT2D eigenvalue weighted by atomic mass is 9.73. The van der Waals surface area contributed by atoms with Crippen LogP contribution in [0.1, 0.15) is 380 Å². The lowest BCUT2D eigenvalue weighted by Crippen LogP contribution is -2.41. The molecule has 0 rings (SSSR count). The fourth-order valence-corrected chi connectivity index (χ4v) is 10.8. The first-order valence-electron chi connectivity index (χ1n) is 33.5. The number of aldehydes is 1. The number of carbonyl (C=O) groups excluding carboxylic acids is 4. The van der Waals surface area contributed by atoms with E-state index in [2.05, 4.69) is 57.2 Å². The van der Waals surface area contributed by atoms with Crippen molar-refractivity contribution in [2.45, 2.75) is 380 Å². The van der Waals surface area contributed by atoms with Gasteiger partial charge < -0.3 is 4.79 Å². The quantitative estimate of drug-likeness (QED) is 0.0263. The first kappa shape index (κ1) is 71.9. The van der Waals surface area contributed by atoms with E-state index in [9.17, 15) is 19.2 Å². The summed E-state index contributed by atoms with van der Waals surface area (Å²) in [4.78, 5) is 52.9. The van der Waals surface area contributed by atoms with Crippen molar-refractivity contribution < 1.29 is 19.2 Å². The second kappa shape index (κ2) is 60.1. The minimum Gasteiger partial charge on any atom is -0.302 e. The third kappa shape index (κ3) is 49.5. The minimum absolute atomic E-state index is 0.111. The second-order valence-electron chi connectivity index (χ2n) is 23.2. The molecular weight excluding hydrogens is 905 g/mol. The van der Waals surface area contributed by atoms with Gasteiger partial charge in [0.15, 0.2) is 11.6 Å². The van der Waals surface area contributed by atoms with E-state index in [0.29, 0.717) is 25.0 Å². The molecule has 0 aromatic heterocycles. The molecule has 1 unspecified atom stereocenters. The van der Waals surface area contributed by atoms with Crippen molar-refractivity contribution in [2.75, 3.05) is 0 Å². The van der Waals surface area contributed by atoms with E-state index in [0.717, 1.165) is 135 Å². The summed E-state index contributed by atoms with van der Waals surface area (Å²) in [6.45, 7) is 6.83. The van der Waals surface area contributed by atoms with Crippen molar-refractivity contribution in [1.82, 2.24) is 0 Å². The highest BCUT2D eigenvalue weighted by atomic mass is 16.2. The van der Waals surface area contributed by atoms with Crippen LogP contribution in [0.15, 0.2) is 36.5 Å². The molecule has 432 valence electrons. The van der Waals surface area contributed by atoms with Crippen LogP contribution >= 0.6 is 0 Å². The lowest BCUT2D eigenvalue weighted by Gasteiger charge is -2.25. The van der Waals surface area contributed by atoms with Gasteiger partial charge in [0.05, 0.1) is 0 Å². The van der Waals surface area contributed by atoms with E-state index in [4.69, 9.17) is 0 Å². The molecule has 0 fully saturated rings. The molecule has 0 bridgehead atoms. The van der Waals surface area contributed by atoms with Crippen molar-refractivity contribution in [1.29, 1.82) is 0 Å². The van der Waals surface area contributed by atoms with Gasteiger partial charge in [0.2, 0.25) is 0 Å². The molecule has 0 aromatic rings. The molecule has 0 N–H and O–H groups in total. The van der Waals surface area contributed by atoms with Gasteiger partial charge in [-0.25, -0.2) is 0 Å². The molecule has 0 saturated carbocycles. The maximum absolute atomic E-state index is 13.8. The van der Waals surface area contributed by atoms with E-state index >= 15 is 0 Å². The molecule has 4 nitrogen and oxygen atoms in total. The maximum Gasteiger partial charge on any atom is 0.153 e. The topological polar surface area (TPSA) is 68.3 Å². The molecule has 0 saturated heterocycles. The zero-order valence-corrected chi connectivity index (χ0v) is 50.3. The Hall–Kier alpha value is -2.10. The van der Waals surface area contributed by atoms with E-state index in [1.54, 1.807) is 0 Å². The van der Waals surface area contributed by atoms with Gasteiger partial charge in [-0.15, -0.1) is 0 Å².